The van der Waals surface area contributed by atoms with Crippen molar-refractivity contribution in [3.05, 3.63) is 65.5 Å². The summed E-state index contributed by atoms with van der Waals surface area (Å²) in [6, 6.07) is 14.3. The van der Waals surface area contributed by atoms with Gasteiger partial charge in [0.1, 0.15) is 5.82 Å². The Labute approximate surface area is 138 Å². The molecule has 0 bridgehead atoms. The molecule has 4 heteroatoms. The third kappa shape index (κ3) is 4.41. The molecule has 116 valence electrons. The van der Waals surface area contributed by atoms with Crippen LogP contribution in [0.3, 0.4) is 0 Å². The molecule has 22 heavy (non-hydrogen) atoms. The fraction of sp³-hybridized carbons (Fsp3) is 0.278. The highest BCUT2D eigenvalue weighted by molar-refractivity contribution is 9.10. The van der Waals surface area contributed by atoms with Gasteiger partial charge in [-0.05, 0) is 41.7 Å². The van der Waals surface area contributed by atoms with Crippen molar-refractivity contribution in [2.45, 2.75) is 31.0 Å². The molecule has 0 aliphatic rings. The third-order valence-corrected chi connectivity index (χ3v) is 4.23. The highest BCUT2D eigenvalue weighted by atomic mass is 79.9. The van der Waals surface area contributed by atoms with Crippen LogP contribution in [0.25, 0.3) is 0 Å². The van der Waals surface area contributed by atoms with E-state index in [4.69, 9.17) is 0 Å². The maximum atomic E-state index is 13.6. The van der Waals surface area contributed by atoms with E-state index in [1.54, 1.807) is 18.2 Å². The van der Waals surface area contributed by atoms with Crippen molar-refractivity contribution >= 4 is 27.5 Å². The molecule has 2 rings (SSSR count). The lowest BCUT2D eigenvalue weighted by Gasteiger charge is -2.12. The number of hydrogen-bond donors (Lipinski definition) is 1. The first-order valence-electron chi connectivity index (χ1n) is 7.25. The summed E-state index contributed by atoms with van der Waals surface area (Å²) < 4.78 is 13.6. The first kappa shape index (κ1) is 16.7. The molecule has 0 aliphatic carbocycles. The van der Waals surface area contributed by atoms with Crippen LogP contribution in [0, 0.1) is 5.82 Å². The van der Waals surface area contributed by atoms with Gasteiger partial charge in [0.05, 0.1) is 4.83 Å². The molecule has 1 N–H and O–H groups in total. The minimum atomic E-state index is -0.478. The Bertz CT molecular complexity index is 640. The van der Waals surface area contributed by atoms with Gasteiger partial charge in [0.15, 0.2) is 0 Å². The number of carbonyl (C=O) groups excluding carboxylic acids is 1. The lowest BCUT2D eigenvalue weighted by atomic mass is 10.0. The second kappa shape index (κ2) is 7.54. The molecule has 0 aliphatic heterocycles. The van der Waals surface area contributed by atoms with Crippen LogP contribution < -0.4 is 5.32 Å². The molecule has 0 heterocycles. The largest absolute Gasteiger partial charge is 0.325 e. The van der Waals surface area contributed by atoms with E-state index in [9.17, 15) is 9.18 Å². The highest BCUT2D eigenvalue weighted by Gasteiger charge is 2.17. The minimum absolute atomic E-state index is 0.180. The fourth-order valence-electron chi connectivity index (χ4n) is 2.12. The number of anilines is 1. The van der Waals surface area contributed by atoms with E-state index in [0.717, 1.165) is 5.69 Å². The maximum Gasteiger partial charge on any atom is 0.238 e. The van der Waals surface area contributed by atoms with Crippen molar-refractivity contribution in [2.75, 3.05) is 5.32 Å². The van der Waals surface area contributed by atoms with Crippen molar-refractivity contribution in [1.82, 2.24) is 0 Å². The van der Waals surface area contributed by atoms with Crippen molar-refractivity contribution in [3.8, 4) is 0 Å². The Morgan fingerprint density at radius 1 is 1.14 bits per heavy atom. The third-order valence-electron chi connectivity index (χ3n) is 3.49. The Hall–Kier alpha value is -1.68. The van der Waals surface area contributed by atoms with Gasteiger partial charge < -0.3 is 5.32 Å². The van der Waals surface area contributed by atoms with Crippen LogP contribution in [0.2, 0.25) is 0 Å². The van der Waals surface area contributed by atoms with Crippen LogP contribution in [-0.4, -0.2) is 10.7 Å². The van der Waals surface area contributed by atoms with Crippen LogP contribution in [0.4, 0.5) is 10.1 Å². The lowest BCUT2D eigenvalue weighted by molar-refractivity contribution is -0.115. The van der Waals surface area contributed by atoms with Gasteiger partial charge >= 0.3 is 0 Å². The standard InChI is InChI=1S/C18H19BrFNO/c1-12(2)13-7-9-15(10-8-13)21-18(22)16(19)11-14-5-3-4-6-17(14)20/h3-10,12,16H,11H2,1-2H3,(H,21,22). The summed E-state index contributed by atoms with van der Waals surface area (Å²) in [6.45, 7) is 4.24. The Balaban J connectivity index is 1.98. The van der Waals surface area contributed by atoms with Gasteiger partial charge in [-0.2, -0.15) is 0 Å². The smallest absolute Gasteiger partial charge is 0.238 e. The zero-order valence-electron chi connectivity index (χ0n) is 12.6. The summed E-state index contributed by atoms with van der Waals surface area (Å²) in [5.74, 6) is -0.0173. The van der Waals surface area contributed by atoms with Gasteiger partial charge in [-0.1, -0.05) is 60.1 Å². The van der Waals surface area contributed by atoms with Crippen molar-refractivity contribution in [1.29, 1.82) is 0 Å². The predicted molar refractivity (Wildman–Crippen MR) is 92.0 cm³/mol. The van der Waals surface area contributed by atoms with Gasteiger partial charge in [-0.25, -0.2) is 4.39 Å². The topological polar surface area (TPSA) is 29.1 Å². The van der Waals surface area contributed by atoms with Gasteiger partial charge in [0.2, 0.25) is 5.91 Å². The van der Waals surface area contributed by atoms with Crippen molar-refractivity contribution in [2.24, 2.45) is 0 Å². The first-order valence-corrected chi connectivity index (χ1v) is 8.17. The zero-order valence-corrected chi connectivity index (χ0v) is 14.2. The number of rotatable bonds is 5. The second-order valence-corrected chi connectivity index (χ2v) is 6.63. The summed E-state index contributed by atoms with van der Waals surface area (Å²) in [6.07, 6.45) is 0.308. The summed E-state index contributed by atoms with van der Waals surface area (Å²) in [7, 11) is 0. The van der Waals surface area contributed by atoms with Crippen LogP contribution in [0.15, 0.2) is 48.5 Å². The van der Waals surface area contributed by atoms with Crippen LogP contribution >= 0.6 is 15.9 Å². The summed E-state index contributed by atoms with van der Waals surface area (Å²) in [5.41, 5.74) is 2.49. The predicted octanol–water partition coefficient (Wildman–Crippen LogP) is 4.89. The zero-order chi connectivity index (χ0) is 16.1. The molecule has 0 fully saturated rings. The number of amides is 1. The number of hydrogen-bond acceptors (Lipinski definition) is 1. The fourth-order valence-corrected chi connectivity index (χ4v) is 2.58. The second-order valence-electron chi connectivity index (χ2n) is 5.53. The van der Waals surface area contributed by atoms with E-state index in [-0.39, 0.29) is 11.7 Å². The maximum absolute atomic E-state index is 13.6. The van der Waals surface area contributed by atoms with E-state index in [2.05, 4.69) is 35.1 Å². The van der Waals surface area contributed by atoms with Crippen LogP contribution in [0.5, 0.6) is 0 Å². The average molecular weight is 364 g/mol. The number of benzene rings is 2. The van der Waals surface area contributed by atoms with E-state index in [1.165, 1.54) is 11.6 Å². The monoisotopic (exact) mass is 363 g/mol. The van der Waals surface area contributed by atoms with Gasteiger partial charge in [-0.15, -0.1) is 0 Å². The Morgan fingerprint density at radius 2 is 1.77 bits per heavy atom. The molecular weight excluding hydrogens is 345 g/mol. The summed E-state index contributed by atoms with van der Waals surface area (Å²) in [4.78, 5) is 11.7. The normalized spacial score (nSPS) is 12.2. The summed E-state index contributed by atoms with van der Waals surface area (Å²) >= 11 is 3.33. The Kier molecular flexibility index (Phi) is 5.72. The summed E-state index contributed by atoms with van der Waals surface area (Å²) in [5, 5.41) is 2.84. The quantitative estimate of drug-likeness (QED) is 0.752. The lowest BCUT2D eigenvalue weighted by Crippen LogP contribution is -2.25. The minimum Gasteiger partial charge on any atom is -0.325 e. The van der Waals surface area contributed by atoms with Crippen LogP contribution in [-0.2, 0) is 11.2 Å². The molecule has 1 unspecified atom stereocenters. The van der Waals surface area contributed by atoms with E-state index >= 15 is 0 Å². The molecule has 0 radical (unpaired) electrons. The van der Waals surface area contributed by atoms with Gasteiger partial charge in [-0.3, -0.25) is 4.79 Å². The number of carbonyl (C=O) groups is 1. The molecule has 0 saturated carbocycles. The molecular formula is C18H19BrFNO. The molecule has 0 spiro atoms. The van der Waals surface area contributed by atoms with Crippen LogP contribution in [0.1, 0.15) is 30.9 Å². The highest BCUT2D eigenvalue weighted by Crippen LogP contribution is 2.19. The van der Waals surface area contributed by atoms with E-state index in [1.807, 2.05) is 24.3 Å². The van der Waals surface area contributed by atoms with Crippen molar-refractivity contribution < 1.29 is 9.18 Å². The molecule has 0 aromatic heterocycles. The number of halogens is 2. The molecule has 2 aromatic carbocycles. The average Bonchev–Trinajstić information content (AvgIpc) is 2.50. The van der Waals surface area contributed by atoms with E-state index in [0.29, 0.717) is 17.9 Å². The molecule has 1 atom stereocenters. The molecule has 2 nitrogen and oxygen atoms in total. The molecule has 1 amide bonds. The SMILES string of the molecule is CC(C)c1ccc(NC(=O)C(Br)Cc2ccccc2F)cc1. The van der Waals surface area contributed by atoms with Crippen molar-refractivity contribution in [3.63, 3.8) is 0 Å². The van der Waals surface area contributed by atoms with E-state index < -0.39 is 4.83 Å². The first-order chi connectivity index (χ1) is 10.5. The number of alkyl halides is 1. The Morgan fingerprint density at radius 3 is 2.36 bits per heavy atom. The molecule has 2 aromatic rings. The molecule has 0 saturated heterocycles. The van der Waals surface area contributed by atoms with Gasteiger partial charge in [0.25, 0.3) is 0 Å². The number of nitrogens with one attached hydrogen (secondary N) is 1. The van der Waals surface area contributed by atoms with Gasteiger partial charge in [0, 0.05) is 5.69 Å².